The lowest BCUT2D eigenvalue weighted by molar-refractivity contribution is 0.636. The van der Waals surface area contributed by atoms with Crippen LogP contribution in [-0.4, -0.2) is 9.78 Å². The molecule has 0 aliphatic rings. The van der Waals surface area contributed by atoms with Crippen LogP contribution in [0.2, 0.25) is 5.02 Å². The lowest BCUT2D eigenvalue weighted by Gasteiger charge is -2.06. The second-order valence-corrected chi connectivity index (χ2v) is 5.09. The van der Waals surface area contributed by atoms with Gasteiger partial charge in [0.25, 0.3) is 5.56 Å². The van der Waals surface area contributed by atoms with Gasteiger partial charge in [0.05, 0.1) is 12.7 Å². The Hall–Kier alpha value is -1.13. The molecule has 0 aliphatic heterocycles. The number of nitrogens with zero attached hydrogens (tertiary/aromatic N) is 2. The van der Waals surface area contributed by atoms with Crippen molar-refractivity contribution in [1.29, 1.82) is 0 Å². The van der Waals surface area contributed by atoms with Crippen molar-refractivity contribution in [2.45, 2.75) is 13.5 Å². The molecule has 5 heteroatoms. The van der Waals surface area contributed by atoms with Gasteiger partial charge in [0.2, 0.25) is 0 Å². The highest BCUT2D eigenvalue weighted by Crippen LogP contribution is 2.21. The molecule has 1 aromatic carbocycles. The largest absolute Gasteiger partial charge is 0.268 e. The van der Waals surface area contributed by atoms with Gasteiger partial charge in [-0.15, -0.1) is 0 Å². The van der Waals surface area contributed by atoms with E-state index in [9.17, 15) is 4.79 Å². The second kappa shape index (κ2) is 5.02. The van der Waals surface area contributed by atoms with E-state index >= 15 is 0 Å². The van der Waals surface area contributed by atoms with E-state index < -0.39 is 0 Å². The molecule has 0 spiro atoms. The third kappa shape index (κ3) is 2.96. The maximum atomic E-state index is 11.7. The highest BCUT2D eigenvalue weighted by molar-refractivity contribution is 9.10. The quantitative estimate of drug-likeness (QED) is 0.854. The first-order valence-corrected chi connectivity index (χ1v) is 6.21. The molecule has 0 radical (unpaired) electrons. The standard InChI is InChI=1S/C12H10BrClN2O/c1-8-4-12(17)16(15-6-8)7-9-2-3-10(13)5-11(9)14/h2-6H,7H2,1H3. The molecule has 1 heterocycles. The van der Waals surface area contributed by atoms with Crippen LogP contribution >= 0.6 is 27.5 Å². The molecule has 2 aromatic rings. The minimum absolute atomic E-state index is 0.121. The summed E-state index contributed by atoms with van der Waals surface area (Å²) in [6, 6.07) is 7.12. The van der Waals surface area contributed by atoms with Gasteiger partial charge in [0.1, 0.15) is 0 Å². The van der Waals surface area contributed by atoms with E-state index in [0.717, 1.165) is 15.6 Å². The summed E-state index contributed by atoms with van der Waals surface area (Å²) in [5, 5.41) is 4.69. The highest BCUT2D eigenvalue weighted by Gasteiger charge is 2.04. The zero-order chi connectivity index (χ0) is 12.4. The molecule has 3 nitrogen and oxygen atoms in total. The van der Waals surface area contributed by atoms with Gasteiger partial charge in [-0.1, -0.05) is 33.6 Å². The van der Waals surface area contributed by atoms with Crippen molar-refractivity contribution in [2.24, 2.45) is 0 Å². The van der Waals surface area contributed by atoms with Crippen LogP contribution < -0.4 is 5.56 Å². The molecule has 2 rings (SSSR count). The molecule has 0 unspecified atom stereocenters. The molecule has 0 saturated heterocycles. The van der Waals surface area contributed by atoms with E-state index in [0.29, 0.717) is 11.6 Å². The Morgan fingerprint density at radius 3 is 2.82 bits per heavy atom. The average Bonchev–Trinajstić information content (AvgIpc) is 2.25. The maximum absolute atomic E-state index is 11.7. The summed E-state index contributed by atoms with van der Waals surface area (Å²) in [5.74, 6) is 0. The topological polar surface area (TPSA) is 34.9 Å². The van der Waals surface area contributed by atoms with Crippen LogP contribution in [0.25, 0.3) is 0 Å². The summed E-state index contributed by atoms with van der Waals surface area (Å²) in [5.41, 5.74) is 1.60. The smallest absolute Gasteiger partial charge is 0.267 e. The van der Waals surface area contributed by atoms with Crippen molar-refractivity contribution < 1.29 is 0 Å². The average molecular weight is 314 g/mol. The minimum Gasteiger partial charge on any atom is -0.268 e. The number of benzene rings is 1. The van der Waals surface area contributed by atoms with E-state index in [1.807, 2.05) is 19.1 Å². The van der Waals surface area contributed by atoms with Gasteiger partial charge in [-0.2, -0.15) is 5.10 Å². The third-order valence-corrected chi connectivity index (χ3v) is 3.19. The molecule has 0 aliphatic carbocycles. The van der Waals surface area contributed by atoms with Crippen LogP contribution in [0, 0.1) is 6.92 Å². The summed E-state index contributed by atoms with van der Waals surface area (Å²) in [7, 11) is 0. The molecule has 0 fully saturated rings. The lowest BCUT2D eigenvalue weighted by atomic mass is 10.2. The Bertz CT molecular complexity index is 610. The Kier molecular flexibility index (Phi) is 3.64. The Morgan fingerprint density at radius 2 is 2.18 bits per heavy atom. The van der Waals surface area contributed by atoms with Crippen molar-refractivity contribution >= 4 is 27.5 Å². The van der Waals surface area contributed by atoms with Crippen molar-refractivity contribution in [3.05, 3.63) is 61.4 Å². The fourth-order valence-electron chi connectivity index (χ4n) is 1.45. The Morgan fingerprint density at radius 1 is 1.41 bits per heavy atom. The predicted molar refractivity (Wildman–Crippen MR) is 71.5 cm³/mol. The summed E-state index contributed by atoms with van der Waals surface area (Å²) in [4.78, 5) is 11.7. The van der Waals surface area contributed by atoms with Crippen LogP contribution in [0.15, 0.2) is 39.7 Å². The van der Waals surface area contributed by atoms with Crippen LogP contribution in [0.5, 0.6) is 0 Å². The minimum atomic E-state index is -0.121. The second-order valence-electron chi connectivity index (χ2n) is 3.76. The molecule has 17 heavy (non-hydrogen) atoms. The van der Waals surface area contributed by atoms with Crippen LogP contribution in [0.1, 0.15) is 11.1 Å². The summed E-state index contributed by atoms with van der Waals surface area (Å²) < 4.78 is 2.30. The number of halogens is 2. The Labute approximate surface area is 112 Å². The van der Waals surface area contributed by atoms with Gasteiger partial charge < -0.3 is 0 Å². The molecule has 0 atom stereocenters. The number of rotatable bonds is 2. The predicted octanol–water partition coefficient (Wildman–Crippen LogP) is 3.02. The molecule has 0 N–H and O–H groups in total. The molecule has 0 saturated carbocycles. The summed E-state index contributed by atoms with van der Waals surface area (Å²) >= 11 is 9.43. The van der Waals surface area contributed by atoms with Crippen molar-refractivity contribution in [3.63, 3.8) is 0 Å². The number of aryl methyl sites for hydroxylation is 1. The van der Waals surface area contributed by atoms with Gasteiger partial charge in [-0.25, -0.2) is 4.68 Å². The van der Waals surface area contributed by atoms with Crippen molar-refractivity contribution in [2.75, 3.05) is 0 Å². The number of aromatic nitrogens is 2. The lowest BCUT2D eigenvalue weighted by Crippen LogP contribution is -2.22. The van der Waals surface area contributed by atoms with Gasteiger partial charge >= 0.3 is 0 Å². The summed E-state index contributed by atoms with van der Waals surface area (Å²) in [6.07, 6.45) is 1.66. The molecule has 0 amide bonds. The van der Waals surface area contributed by atoms with E-state index in [2.05, 4.69) is 21.0 Å². The van der Waals surface area contributed by atoms with Gasteiger partial charge in [-0.05, 0) is 30.2 Å². The van der Waals surface area contributed by atoms with Gasteiger partial charge in [0.15, 0.2) is 0 Å². The van der Waals surface area contributed by atoms with Crippen molar-refractivity contribution in [1.82, 2.24) is 9.78 Å². The van der Waals surface area contributed by atoms with Crippen molar-refractivity contribution in [3.8, 4) is 0 Å². The molecular weight excluding hydrogens is 304 g/mol. The third-order valence-electron chi connectivity index (χ3n) is 2.34. The first-order chi connectivity index (χ1) is 8.06. The maximum Gasteiger partial charge on any atom is 0.267 e. The number of hydrogen-bond donors (Lipinski definition) is 0. The van der Waals surface area contributed by atoms with Gasteiger partial charge in [-0.3, -0.25) is 4.79 Å². The van der Waals surface area contributed by atoms with E-state index in [1.54, 1.807) is 18.3 Å². The van der Waals surface area contributed by atoms with E-state index in [-0.39, 0.29) is 5.56 Å². The molecule has 0 bridgehead atoms. The first kappa shape index (κ1) is 12.3. The zero-order valence-corrected chi connectivity index (χ0v) is 11.5. The highest BCUT2D eigenvalue weighted by atomic mass is 79.9. The zero-order valence-electron chi connectivity index (χ0n) is 9.15. The summed E-state index contributed by atoms with van der Waals surface area (Å²) in [6.45, 7) is 2.22. The molecule has 88 valence electrons. The monoisotopic (exact) mass is 312 g/mol. The fourth-order valence-corrected chi connectivity index (χ4v) is 2.19. The molecular formula is C12H10BrClN2O. The Balaban J connectivity index is 2.35. The van der Waals surface area contributed by atoms with Gasteiger partial charge in [0, 0.05) is 15.6 Å². The van der Waals surface area contributed by atoms with Crippen LogP contribution in [-0.2, 0) is 6.54 Å². The normalized spacial score (nSPS) is 10.5. The van der Waals surface area contributed by atoms with E-state index in [1.165, 1.54) is 4.68 Å². The van der Waals surface area contributed by atoms with Crippen LogP contribution in [0.4, 0.5) is 0 Å². The van der Waals surface area contributed by atoms with Crippen LogP contribution in [0.3, 0.4) is 0 Å². The number of hydrogen-bond acceptors (Lipinski definition) is 2. The molecule has 1 aromatic heterocycles. The SMILES string of the molecule is Cc1cnn(Cc2ccc(Br)cc2Cl)c(=O)c1. The fraction of sp³-hybridized carbons (Fsp3) is 0.167. The first-order valence-electron chi connectivity index (χ1n) is 5.04. The van der Waals surface area contributed by atoms with E-state index in [4.69, 9.17) is 11.6 Å².